The van der Waals surface area contributed by atoms with E-state index in [2.05, 4.69) is 5.32 Å². The van der Waals surface area contributed by atoms with Gasteiger partial charge in [0.05, 0.1) is 11.6 Å². The Bertz CT molecular complexity index is 424. The molecule has 0 bridgehead atoms. The number of benzene rings is 1. The van der Waals surface area contributed by atoms with Gasteiger partial charge in [-0.15, -0.1) is 0 Å². The zero-order chi connectivity index (χ0) is 12.9. The molecule has 0 fully saturated rings. The van der Waals surface area contributed by atoms with Gasteiger partial charge in [0.25, 0.3) is 0 Å². The first-order valence-corrected chi connectivity index (χ1v) is 5.91. The number of rotatable bonds is 5. The van der Waals surface area contributed by atoms with Crippen molar-refractivity contribution < 1.29 is 5.11 Å². The number of aliphatic hydroxyl groups excluding tert-OH is 1. The molecule has 0 heterocycles. The van der Waals surface area contributed by atoms with E-state index in [9.17, 15) is 0 Å². The van der Waals surface area contributed by atoms with Gasteiger partial charge in [-0.25, -0.2) is 0 Å². The van der Waals surface area contributed by atoms with Crippen LogP contribution in [-0.2, 0) is 6.54 Å². The molecule has 3 nitrogen and oxygen atoms in total. The van der Waals surface area contributed by atoms with Gasteiger partial charge in [-0.1, -0.05) is 17.7 Å². The summed E-state index contributed by atoms with van der Waals surface area (Å²) < 4.78 is 0. The Balaban J connectivity index is 2.67. The maximum atomic E-state index is 8.92. The van der Waals surface area contributed by atoms with Gasteiger partial charge >= 0.3 is 0 Å². The van der Waals surface area contributed by atoms with Crippen LogP contribution < -0.4 is 5.32 Å². The maximum absolute atomic E-state index is 8.92. The van der Waals surface area contributed by atoms with E-state index in [1.165, 1.54) is 0 Å². The first-order valence-electron chi connectivity index (χ1n) is 5.53. The summed E-state index contributed by atoms with van der Waals surface area (Å²) in [6.07, 6.45) is 0.681. The van der Waals surface area contributed by atoms with Crippen molar-refractivity contribution in [1.29, 1.82) is 5.26 Å². The van der Waals surface area contributed by atoms with Gasteiger partial charge in [0.2, 0.25) is 0 Å². The minimum Gasteiger partial charge on any atom is -0.396 e. The van der Waals surface area contributed by atoms with E-state index in [1.54, 1.807) is 12.1 Å². The summed E-state index contributed by atoms with van der Waals surface area (Å²) in [5.74, 6) is 0. The van der Waals surface area contributed by atoms with Crippen LogP contribution in [0.1, 0.15) is 31.4 Å². The Hall–Kier alpha value is -1.08. The maximum Gasteiger partial charge on any atom is 0.0992 e. The molecule has 0 radical (unpaired) electrons. The van der Waals surface area contributed by atoms with Gasteiger partial charge in [-0.2, -0.15) is 5.26 Å². The smallest absolute Gasteiger partial charge is 0.0992 e. The van der Waals surface area contributed by atoms with Gasteiger partial charge in [-0.05, 0) is 38.0 Å². The first-order chi connectivity index (χ1) is 7.98. The second-order valence-electron chi connectivity index (χ2n) is 4.63. The summed E-state index contributed by atoms with van der Waals surface area (Å²) >= 11 is 6.07. The van der Waals surface area contributed by atoms with Crippen molar-refractivity contribution in [2.75, 3.05) is 6.61 Å². The van der Waals surface area contributed by atoms with E-state index in [0.717, 1.165) is 5.56 Å². The van der Waals surface area contributed by atoms with Gasteiger partial charge in [0.15, 0.2) is 0 Å². The summed E-state index contributed by atoms with van der Waals surface area (Å²) in [5, 5.41) is 21.6. The molecule has 0 saturated carbocycles. The molecule has 0 unspecified atom stereocenters. The van der Waals surface area contributed by atoms with Gasteiger partial charge < -0.3 is 10.4 Å². The molecule has 0 spiro atoms. The highest BCUT2D eigenvalue weighted by atomic mass is 35.5. The predicted octanol–water partition coefficient (Wildman–Crippen LogP) is 2.46. The van der Waals surface area contributed by atoms with Crippen molar-refractivity contribution in [3.8, 4) is 6.07 Å². The average Bonchev–Trinajstić information content (AvgIpc) is 2.27. The van der Waals surface area contributed by atoms with E-state index >= 15 is 0 Å². The zero-order valence-corrected chi connectivity index (χ0v) is 10.9. The lowest BCUT2D eigenvalue weighted by molar-refractivity contribution is 0.230. The molecule has 1 aromatic carbocycles. The van der Waals surface area contributed by atoms with Gasteiger partial charge in [-0.3, -0.25) is 0 Å². The number of nitrogens with one attached hydrogen (secondary N) is 1. The van der Waals surface area contributed by atoms with E-state index < -0.39 is 0 Å². The molecular formula is C13H17ClN2O. The molecule has 0 aromatic heterocycles. The summed E-state index contributed by atoms with van der Waals surface area (Å²) in [6, 6.07) is 7.32. The fourth-order valence-electron chi connectivity index (χ4n) is 1.46. The molecule has 92 valence electrons. The molecular weight excluding hydrogens is 236 g/mol. The normalized spacial score (nSPS) is 11.2. The molecule has 17 heavy (non-hydrogen) atoms. The highest BCUT2D eigenvalue weighted by Crippen LogP contribution is 2.19. The summed E-state index contributed by atoms with van der Waals surface area (Å²) in [5.41, 5.74) is 1.39. The molecule has 0 aliphatic carbocycles. The Labute approximate surface area is 107 Å². The van der Waals surface area contributed by atoms with Crippen molar-refractivity contribution in [3.05, 3.63) is 34.3 Å². The standard InChI is InChI=1S/C13H17ClN2O/c1-13(2,5-6-17)16-9-11-4-3-10(8-15)7-12(11)14/h3-4,7,16-17H,5-6,9H2,1-2H3. The second-order valence-corrected chi connectivity index (χ2v) is 5.04. The SMILES string of the molecule is CC(C)(CCO)NCc1ccc(C#N)cc1Cl. The topological polar surface area (TPSA) is 56.0 Å². The second kappa shape index (κ2) is 6.02. The fourth-order valence-corrected chi connectivity index (χ4v) is 1.71. The highest BCUT2D eigenvalue weighted by molar-refractivity contribution is 6.31. The number of aliphatic hydroxyl groups is 1. The predicted molar refractivity (Wildman–Crippen MR) is 68.8 cm³/mol. The molecule has 2 N–H and O–H groups in total. The molecule has 0 aliphatic rings. The third-order valence-corrected chi connectivity index (χ3v) is 3.03. The summed E-state index contributed by atoms with van der Waals surface area (Å²) in [7, 11) is 0. The van der Waals surface area contributed by atoms with Crippen LogP contribution in [0, 0.1) is 11.3 Å². The van der Waals surface area contributed by atoms with E-state index in [1.807, 2.05) is 26.0 Å². The summed E-state index contributed by atoms with van der Waals surface area (Å²) in [6.45, 7) is 4.83. The Morgan fingerprint density at radius 2 is 2.18 bits per heavy atom. The molecule has 0 amide bonds. The van der Waals surface area contributed by atoms with Gasteiger partial charge in [0.1, 0.15) is 0 Å². The highest BCUT2D eigenvalue weighted by Gasteiger charge is 2.16. The number of nitriles is 1. The third kappa shape index (κ3) is 4.35. The van der Waals surface area contributed by atoms with Crippen molar-refractivity contribution in [2.24, 2.45) is 0 Å². The van der Waals surface area contributed by atoms with Crippen LogP contribution in [0.4, 0.5) is 0 Å². The van der Waals surface area contributed by atoms with E-state index in [-0.39, 0.29) is 12.1 Å². The van der Waals surface area contributed by atoms with Crippen LogP contribution in [-0.4, -0.2) is 17.3 Å². The molecule has 4 heteroatoms. The van der Waals surface area contributed by atoms with Gasteiger partial charge in [0, 0.05) is 23.7 Å². The molecule has 1 aromatic rings. The third-order valence-electron chi connectivity index (χ3n) is 2.68. The first kappa shape index (κ1) is 14.0. The lowest BCUT2D eigenvalue weighted by Crippen LogP contribution is -2.39. The summed E-state index contributed by atoms with van der Waals surface area (Å²) in [4.78, 5) is 0. The van der Waals surface area contributed by atoms with Crippen molar-refractivity contribution in [1.82, 2.24) is 5.32 Å². The van der Waals surface area contributed by atoms with Crippen LogP contribution in [0.15, 0.2) is 18.2 Å². The average molecular weight is 253 g/mol. The minimum absolute atomic E-state index is 0.133. The Morgan fingerprint density at radius 3 is 2.71 bits per heavy atom. The fraction of sp³-hybridized carbons (Fsp3) is 0.462. The van der Waals surface area contributed by atoms with Crippen LogP contribution in [0.25, 0.3) is 0 Å². The van der Waals surface area contributed by atoms with E-state index in [4.69, 9.17) is 22.0 Å². The lowest BCUT2D eigenvalue weighted by atomic mass is 10.0. The lowest BCUT2D eigenvalue weighted by Gasteiger charge is -2.25. The minimum atomic E-state index is -0.133. The number of hydrogen-bond acceptors (Lipinski definition) is 3. The monoisotopic (exact) mass is 252 g/mol. The van der Waals surface area contributed by atoms with Crippen LogP contribution in [0.5, 0.6) is 0 Å². The number of halogens is 1. The Morgan fingerprint density at radius 1 is 1.47 bits per heavy atom. The number of hydrogen-bond donors (Lipinski definition) is 2. The van der Waals surface area contributed by atoms with Crippen molar-refractivity contribution in [3.63, 3.8) is 0 Å². The van der Waals surface area contributed by atoms with Crippen LogP contribution in [0.3, 0.4) is 0 Å². The van der Waals surface area contributed by atoms with Crippen LogP contribution >= 0.6 is 11.6 Å². The molecule has 0 saturated heterocycles. The number of nitrogens with zero attached hydrogens (tertiary/aromatic N) is 1. The van der Waals surface area contributed by atoms with Crippen molar-refractivity contribution >= 4 is 11.6 Å². The Kier molecular flexibility index (Phi) is 4.95. The van der Waals surface area contributed by atoms with E-state index in [0.29, 0.717) is 23.6 Å². The van der Waals surface area contributed by atoms with Crippen LogP contribution in [0.2, 0.25) is 5.02 Å². The largest absolute Gasteiger partial charge is 0.396 e. The zero-order valence-electron chi connectivity index (χ0n) is 10.1. The quantitative estimate of drug-likeness (QED) is 0.847. The van der Waals surface area contributed by atoms with Crippen molar-refractivity contribution in [2.45, 2.75) is 32.4 Å². The molecule has 1 rings (SSSR count). The molecule has 0 atom stereocenters. The molecule has 0 aliphatic heterocycles.